The van der Waals surface area contributed by atoms with Crippen molar-refractivity contribution in [1.29, 1.82) is 0 Å². The molecule has 0 atom stereocenters. The first-order valence-corrected chi connectivity index (χ1v) is 10.7. The molecular weight excluding hydrogens is 491 g/mol. The van der Waals surface area contributed by atoms with Crippen molar-refractivity contribution in [1.82, 2.24) is 25.3 Å². The Kier molecular flexibility index (Phi) is 13.0. The third-order valence-corrected chi connectivity index (χ3v) is 5.16. The Morgan fingerprint density at radius 2 is 1.73 bits per heavy atom. The highest BCUT2D eigenvalue weighted by molar-refractivity contribution is 14.0. The number of piperazine rings is 1. The first-order valence-electron chi connectivity index (χ1n) is 10.7. The SMILES string of the molecule is CCNC(=NCc1ccc(C(=O)N(C)C)cc1)NCCCCN1CCN(C)CC1.I. The molecule has 0 spiro atoms. The number of hydrogen-bond donors (Lipinski definition) is 2. The van der Waals surface area contributed by atoms with E-state index in [2.05, 4.69) is 39.4 Å². The summed E-state index contributed by atoms with van der Waals surface area (Å²) < 4.78 is 0. The fraction of sp³-hybridized carbons (Fsp3) is 0.636. The maximum atomic E-state index is 12.0. The minimum atomic E-state index is 0. The molecular formula is C22H39IN6O. The van der Waals surface area contributed by atoms with Crippen molar-refractivity contribution in [2.24, 2.45) is 4.99 Å². The molecule has 1 saturated heterocycles. The summed E-state index contributed by atoms with van der Waals surface area (Å²) in [5, 5.41) is 6.74. The Balaban J connectivity index is 0.00000450. The molecule has 0 aliphatic carbocycles. The van der Waals surface area contributed by atoms with Gasteiger partial charge in [-0.05, 0) is 51.1 Å². The molecule has 1 aromatic carbocycles. The van der Waals surface area contributed by atoms with Crippen LogP contribution in [-0.2, 0) is 6.54 Å². The van der Waals surface area contributed by atoms with Crippen molar-refractivity contribution in [2.45, 2.75) is 26.3 Å². The number of nitrogens with one attached hydrogen (secondary N) is 2. The van der Waals surface area contributed by atoms with E-state index in [1.54, 1.807) is 19.0 Å². The number of amides is 1. The van der Waals surface area contributed by atoms with Crippen LogP contribution in [0.4, 0.5) is 0 Å². The summed E-state index contributed by atoms with van der Waals surface area (Å²) in [6.45, 7) is 10.3. The quantitative estimate of drug-likeness (QED) is 0.222. The number of likely N-dealkylation sites (N-methyl/N-ethyl adjacent to an activating group) is 1. The van der Waals surface area contributed by atoms with Gasteiger partial charge in [0.05, 0.1) is 6.54 Å². The van der Waals surface area contributed by atoms with Crippen LogP contribution in [0.5, 0.6) is 0 Å². The Morgan fingerprint density at radius 1 is 1.07 bits per heavy atom. The Hall–Kier alpha value is -1.39. The summed E-state index contributed by atoms with van der Waals surface area (Å²) in [7, 11) is 5.72. The Bertz CT molecular complexity index is 642. The zero-order chi connectivity index (χ0) is 21.1. The molecule has 170 valence electrons. The third kappa shape index (κ3) is 9.61. The van der Waals surface area contributed by atoms with E-state index in [0.717, 1.165) is 31.0 Å². The highest BCUT2D eigenvalue weighted by atomic mass is 127. The van der Waals surface area contributed by atoms with Crippen LogP contribution < -0.4 is 10.6 Å². The largest absolute Gasteiger partial charge is 0.357 e. The number of halogens is 1. The van der Waals surface area contributed by atoms with Gasteiger partial charge in [0.25, 0.3) is 5.91 Å². The fourth-order valence-electron chi connectivity index (χ4n) is 3.26. The van der Waals surface area contributed by atoms with E-state index < -0.39 is 0 Å². The van der Waals surface area contributed by atoms with Crippen LogP contribution >= 0.6 is 24.0 Å². The molecule has 1 aliphatic rings. The van der Waals surface area contributed by atoms with Gasteiger partial charge in [-0.2, -0.15) is 0 Å². The summed E-state index contributed by atoms with van der Waals surface area (Å²) in [6.07, 6.45) is 2.34. The molecule has 0 saturated carbocycles. The fourth-order valence-corrected chi connectivity index (χ4v) is 3.26. The summed E-state index contributed by atoms with van der Waals surface area (Å²) in [6, 6.07) is 7.68. The van der Waals surface area contributed by atoms with Crippen LogP contribution in [-0.4, -0.2) is 93.5 Å². The molecule has 1 fully saturated rings. The summed E-state index contributed by atoms with van der Waals surface area (Å²) in [4.78, 5) is 23.2. The minimum Gasteiger partial charge on any atom is -0.357 e. The van der Waals surface area contributed by atoms with E-state index in [1.807, 2.05) is 24.3 Å². The van der Waals surface area contributed by atoms with Crippen molar-refractivity contribution in [3.8, 4) is 0 Å². The zero-order valence-corrected chi connectivity index (χ0v) is 21.3. The van der Waals surface area contributed by atoms with E-state index in [4.69, 9.17) is 0 Å². The molecule has 0 aromatic heterocycles. The molecule has 0 bridgehead atoms. The van der Waals surface area contributed by atoms with Gasteiger partial charge in [0.1, 0.15) is 0 Å². The predicted molar refractivity (Wildman–Crippen MR) is 136 cm³/mol. The molecule has 0 unspecified atom stereocenters. The molecule has 8 heteroatoms. The number of benzene rings is 1. The monoisotopic (exact) mass is 530 g/mol. The van der Waals surface area contributed by atoms with E-state index in [1.165, 1.54) is 39.1 Å². The zero-order valence-electron chi connectivity index (χ0n) is 19.0. The van der Waals surface area contributed by atoms with Gasteiger partial charge in [-0.25, -0.2) is 4.99 Å². The molecule has 7 nitrogen and oxygen atoms in total. The van der Waals surface area contributed by atoms with Crippen LogP contribution in [0, 0.1) is 0 Å². The average Bonchev–Trinajstić information content (AvgIpc) is 2.72. The Morgan fingerprint density at radius 3 is 2.33 bits per heavy atom. The Labute approximate surface area is 199 Å². The highest BCUT2D eigenvalue weighted by Crippen LogP contribution is 2.07. The number of guanidine groups is 1. The summed E-state index contributed by atoms with van der Waals surface area (Å²) >= 11 is 0. The second kappa shape index (κ2) is 14.6. The molecule has 2 N–H and O–H groups in total. The van der Waals surface area contributed by atoms with Gasteiger partial charge in [0, 0.05) is 58.9 Å². The topological polar surface area (TPSA) is 63.2 Å². The smallest absolute Gasteiger partial charge is 0.253 e. The first-order chi connectivity index (χ1) is 14.0. The molecule has 2 rings (SSSR count). The number of rotatable bonds is 9. The molecule has 0 radical (unpaired) electrons. The van der Waals surface area contributed by atoms with Crippen LogP contribution in [0.15, 0.2) is 29.3 Å². The second-order valence-electron chi connectivity index (χ2n) is 7.87. The van der Waals surface area contributed by atoms with Gasteiger partial charge in [-0.1, -0.05) is 12.1 Å². The summed E-state index contributed by atoms with van der Waals surface area (Å²) in [5.41, 5.74) is 1.79. The maximum absolute atomic E-state index is 12.0. The van der Waals surface area contributed by atoms with Gasteiger partial charge in [-0.3, -0.25) is 4.79 Å². The molecule has 1 heterocycles. The normalized spacial score (nSPS) is 15.4. The van der Waals surface area contributed by atoms with Gasteiger partial charge < -0.3 is 25.3 Å². The second-order valence-corrected chi connectivity index (χ2v) is 7.87. The lowest BCUT2D eigenvalue weighted by Gasteiger charge is -2.32. The van der Waals surface area contributed by atoms with Crippen molar-refractivity contribution in [3.05, 3.63) is 35.4 Å². The summed E-state index contributed by atoms with van der Waals surface area (Å²) in [5.74, 6) is 0.868. The van der Waals surface area contributed by atoms with Gasteiger partial charge in [0.15, 0.2) is 5.96 Å². The lowest BCUT2D eigenvalue weighted by Crippen LogP contribution is -2.44. The standard InChI is InChI=1S/C22H38N6O.HI/c1-5-23-22(24-12-6-7-13-28-16-14-27(4)15-17-28)25-18-19-8-10-20(11-9-19)21(29)26(2)3;/h8-11H,5-7,12-18H2,1-4H3,(H2,23,24,25);1H. The van der Waals surface area contributed by atoms with Crippen molar-refractivity contribution < 1.29 is 4.79 Å². The van der Waals surface area contributed by atoms with E-state index in [-0.39, 0.29) is 29.9 Å². The van der Waals surface area contributed by atoms with Crippen molar-refractivity contribution >= 4 is 35.8 Å². The number of nitrogens with zero attached hydrogens (tertiary/aromatic N) is 4. The van der Waals surface area contributed by atoms with Crippen molar-refractivity contribution in [3.63, 3.8) is 0 Å². The molecule has 1 aliphatic heterocycles. The average molecular weight is 530 g/mol. The molecule has 1 aromatic rings. The third-order valence-electron chi connectivity index (χ3n) is 5.16. The van der Waals surface area contributed by atoms with Crippen LogP contribution in [0.1, 0.15) is 35.7 Å². The number of hydrogen-bond acceptors (Lipinski definition) is 4. The van der Waals surface area contributed by atoms with E-state index in [9.17, 15) is 4.79 Å². The van der Waals surface area contributed by atoms with Gasteiger partial charge in [0.2, 0.25) is 0 Å². The maximum Gasteiger partial charge on any atom is 0.253 e. The molecule has 1 amide bonds. The van der Waals surface area contributed by atoms with Crippen LogP contribution in [0.2, 0.25) is 0 Å². The lowest BCUT2D eigenvalue weighted by atomic mass is 10.1. The predicted octanol–water partition coefficient (Wildman–Crippen LogP) is 2.09. The van der Waals surface area contributed by atoms with Crippen molar-refractivity contribution in [2.75, 3.05) is 67.0 Å². The molecule has 30 heavy (non-hydrogen) atoms. The number of carbonyl (C=O) groups excluding carboxylic acids is 1. The van der Waals surface area contributed by atoms with Gasteiger partial charge in [-0.15, -0.1) is 24.0 Å². The van der Waals surface area contributed by atoms with Crippen LogP contribution in [0.3, 0.4) is 0 Å². The number of aliphatic imine (C=N–C) groups is 1. The first kappa shape index (κ1) is 26.6. The number of carbonyl (C=O) groups is 1. The van der Waals surface area contributed by atoms with E-state index in [0.29, 0.717) is 12.1 Å². The van der Waals surface area contributed by atoms with Crippen LogP contribution in [0.25, 0.3) is 0 Å². The van der Waals surface area contributed by atoms with E-state index >= 15 is 0 Å². The lowest BCUT2D eigenvalue weighted by molar-refractivity contribution is 0.0827. The van der Waals surface area contributed by atoms with Gasteiger partial charge >= 0.3 is 0 Å². The number of unbranched alkanes of at least 4 members (excludes halogenated alkanes) is 1. The minimum absolute atomic E-state index is 0. The highest BCUT2D eigenvalue weighted by Gasteiger charge is 2.12.